The van der Waals surface area contributed by atoms with E-state index in [4.69, 9.17) is 11.6 Å². The highest BCUT2D eigenvalue weighted by Crippen LogP contribution is 2.21. The average Bonchev–Trinajstić information content (AvgIpc) is 2.78. The van der Waals surface area contributed by atoms with Crippen molar-refractivity contribution >= 4 is 22.6 Å². The molecule has 0 atom stereocenters. The van der Waals surface area contributed by atoms with E-state index < -0.39 is 0 Å². The zero-order valence-corrected chi connectivity index (χ0v) is 9.80. The molecule has 0 fully saturated rings. The van der Waals surface area contributed by atoms with E-state index in [0.717, 1.165) is 22.5 Å². The van der Waals surface area contributed by atoms with Gasteiger partial charge in [0.1, 0.15) is 11.3 Å². The van der Waals surface area contributed by atoms with Gasteiger partial charge in [-0.1, -0.05) is 18.2 Å². The Morgan fingerprint density at radius 3 is 2.71 bits per heavy atom. The van der Waals surface area contributed by atoms with Gasteiger partial charge in [0.25, 0.3) is 0 Å². The molecular weight excluding hydrogens is 234 g/mol. The third kappa shape index (κ3) is 1.68. The molecule has 4 heteroatoms. The van der Waals surface area contributed by atoms with Crippen molar-refractivity contribution in [2.45, 2.75) is 5.88 Å². The van der Waals surface area contributed by atoms with Crippen molar-refractivity contribution in [2.75, 3.05) is 0 Å². The van der Waals surface area contributed by atoms with Crippen LogP contribution >= 0.6 is 11.6 Å². The maximum atomic E-state index is 5.95. The lowest BCUT2D eigenvalue weighted by atomic mass is 10.3. The summed E-state index contributed by atoms with van der Waals surface area (Å²) in [5, 5.41) is 0. The molecule has 2 aromatic heterocycles. The maximum Gasteiger partial charge on any atom is 0.129 e. The largest absolute Gasteiger partial charge is 0.295 e. The summed E-state index contributed by atoms with van der Waals surface area (Å²) in [7, 11) is 0. The van der Waals surface area contributed by atoms with E-state index in [0.29, 0.717) is 5.88 Å². The van der Waals surface area contributed by atoms with Crippen molar-refractivity contribution in [1.29, 1.82) is 0 Å². The molecule has 0 amide bonds. The van der Waals surface area contributed by atoms with E-state index in [1.165, 1.54) is 0 Å². The van der Waals surface area contributed by atoms with E-state index in [1.54, 1.807) is 12.4 Å². The second-order valence-electron chi connectivity index (χ2n) is 3.70. The number of nitrogens with zero attached hydrogens (tertiary/aromatic N) is 3. The highest BCUT2D eigenvalue weighted by Gasteiger charge is 2.10. The minimum absolute atomic E-state index is 0.379. The molecule has 0 aliphatic carbocycles. The summed E-state index contributed by atoms with van der Waals surface area (Å²) in [6.07, 6.45) is 3.52. The molecule has 3 rings (SSSR count). The lowest BCUT2D eigenvalue weighted by molar-refractivity contribution is 0.982. The summed E-state index contributed by atoms with van der Waals surface area (Å²) in [6.45, 7) is 0. The summed E-state index contributed by atoms with van der Waals surface area (Å²) in [4.78, 5) is 8.55. The van der Waals surface area contributed by atoms with Crippen molar-refractivity contribution in [3.8, 4) is 5.69 Å². The van der Waals surface area contributed by atoms with Gasteiger partial charge in [0.15, 0.2) is 0 Å². The molecule has 0 bridgehead atoms. The van der Waals surface area contributed by atoms with Gasteiger partial charge in [0.05, 0.1) is 17.6 Å². The van der Waals surface area contributed by atoms with Crippen LogP contribution in [0.5, 0.6) is 0 Å². The maximum absolute atomic E-state index is 5.95. The third-order valence-electron chi connectivity index (χ3n) is 2.66. The Bertz CT molecular complexity index is 646. The zero-order chi connectivity index (χ0) is 11.7. The van der Waals surface area contributed by atoms with E-state index in [2.05, 4.69) is 14.5 Å². The van der Waals surface area contributed by atoms with Gasteiger partial charge >= 0.3 is 0 Å². The number of alkyl halides is 1. The minimum atomic E-state index is 0.379. The number of hydrogen-bond acceptors (Lipinski definition) is 2. The number of rotatable bonds is 2. The number of pyridine rings is 1. The third-order valence-corrected chi connectivity index (χ3v) is 2.90. The summed E-state index contributed by atoms with van der Waals surface area (Å²) >= 11 is 5.95. The van der Waals surface area contributed by atoms with Crippen molar-refractivity contribution in [2.24, 2.45) is 0 Å². The van der Waals surface area contributed by atoms with Crippen LogP contribution in [0.15, 0.2) is 48.8 Å². The van der Waals surface area contributed by atoms with Crippen LogP contribution in [0.2, 0.25) is 0 Å². The number of fused-ring (bicyclic) bond motifs is 1. The molecule has 0 aliphatic rings. The molecular formula is C13H10ClN3. The highest BCUT2D eigenvalue weighted by molar-refractivity contribution is 6.17. The first-order valence-electron chi connectivity index (χ1n) is 5.33. The number of halogens is 1. The van der Waals surface area contributed by atoms with Gasteiger partial charge in [-0.3, -0.25) is 9.55 Å². The van der Waals surface area contributed by atoms with E-state index >= 15 is 0 Å². The van der Waals surface area contributed by atoms with Crippen LogP contribution < -0.4 is 0 Å². The fraction of sp³-hybridized carbons (Fsp3) is 0.0769. The van der Waals surface area contributed by atoms with Gasteiger partial charge in [-0.25, -0.2) is 4.98 Å². The van der Waals surface area contributed by atoms with E-state index in [9.17, 15) is 0 Å². The smallest absolute Gasteiger partial charge is 0.129 e. The molecule has 0 saturated carbocycles. The number of para-hydroxylation sites is 1. The first kappa shape index (κ1) is 10.3. The van der Waals surface area contributed by atoms with Gasteiger partial charge in [-0.05, 0) is 18.2 Å². The molecule has 3 nitrogen and oxygen atoms in total. The van der Waals surface area contributed by atoms with Crippen LogP contribution in [-0.2, 0) is 5.88 Å². The van der Waals surface area contributed by atoms with Gasteiger partial charge in [-0.2, -0.15) is 0 Å². The van der Waals surface area contributed by atoms with Crippen molar-refractivity contribution in [3.05, 3.63) is 54.6 Å². The highest BCUT2D eigenvalue weighted by atomic mass is 35.5. The molecule has 0 N–H and O–H groups in total. The van der Waals surface area contributed by atoms with Crippen molar-refractivity contribution in [3.63, 3.8) is 0 Å². The summed E-state index contributed by atoms with van der Waals surface area (Å²) in [5.41, 5.74) is 2.96. The van der Waals surface area contributed by atoms with Gasteiger partial charge in [0, 0.05) is 11.9 Å². The standard InChI is InChI=1S/C13H10ClN3/c14-8-13-16-11-9-15-7-6-12(11)17(13)10-4-2-1-3-5-10/h1-7,9H,8H2. The molecule has 0 aliphatic heterocycles. The van der Waals surface area contributed by atoms with Gasteiger partial charge in [0.2, 0.25) is 0 Å². The molecule has 0 unspecified atom stereocenters. The Balaban J connectivity index is 2.34. The Labute approximate surface area is 104 Å². The number of hydrogen-bond donors (Lipinski definition) is 0. The Morgan fingerprint density at radius 2 is 1.94 bits per heavy atom. The topological polar surface area (TPSA) is 30.7 Å². The minimum Gasteiger partial charge on any atom is -0.295 e. The van der Waals surface area contributed by atoms with Gasteiger partial charge in [-0.15, -0.1) is 11.6 Å². The molecule has 84 valence electrons. The Hall–Kier alpha value is -1.87. The molecule has 0 radical (unpaired) electrons. The van der Waals surface area contributed by atoms with Crippen molar-refractivity contribution < 1.29 is 0 Å². The molecule has 17 heavy (non-hydrogen) atoms. The normalized spacial score (nSPS) is 10.9. The fourth-order valence-corrected chi connectivity index (χ4v) is 2.12. The predicted octanol–water partition coefficient (Wildman–Crippen LogP) is 3.16. The predicted molar refractivity (Wildman–Crippen MR) is 68.4 cm³/mol. The van der Waals surface area contributed by atoms with Crippen LogP contribution in [0.1, 0.15) is 5.82 Å². The summed E-state index contributed by atoms with van der Waals surface area (Å²) < 4.78 is 2.06. The molecule has 1 aromatic carbocycles. The van der Waals surface area contributed by atoms with Crippen LogP contribution in [0.3, 0.4) is 0 Å². The van der Waals surface area contributed by atoms with E-state index in [-0.39, 0.29) is 0 Å². The van der Waals surface area contributed by atoms with Crippen LogP contribution in [0.25, 0.3) is 16.7 Å². The quantitative estimate of drug-likeness (QED) is 0.648. The van der Waals surface area contributed by atoms with Crippen LogP contribution in [-0.4, -0.2) is 14.5 Å². The summed E-state index contributed by atoms with van der Waals surface area (Å²) in [5.74, 6) is 1.21. The van der Waals surface area contributed by atoms with Gasteiger partial charge < -0.3 is 0 Å². The average molecular weight is 244 g/mol. The first-order valence-corrected chi connectivity index (χ1v) is 5.86. The Kier molecular flexibility index (Phi) is 2.53. The SMILES string of the molecule is ClCc1nc2cnccc2n1-c1ccccc1. The summed E-state index contributed by atoms with van der Waals surface area (Å²) in [6, 6.07) is 12.0. The zero-order valence-electron chi connectivity index (χ0n) is 9.05. The molecule has 3 aromatic rings. The van der Waals surface area contributed by atoms with Crippen LogP contribution in [0, 0.1) is 0 Å². The lowest BCUT2D eigenvalue weighted by Gasteiger charge is -2.06. The molecule has 0 saturated heterocycles. The molecule has 0 spiro atoms. The number of benzene rings is 1. The number of aromatic nitrogens is 3. The van der Waals surface area contributed by atoms with Crippen molar-refractivity contribution in [1.82, 2.24) is 14.5 Å². The molecule has 2 heterocycles. The Morgan fingerprint density at radius 1 is 1.12 bits per heavy atom. The fourth-order valence-electron chi connectivity index (χ4n) is 1.94. The second kappa shape index (κ2) is 4.18. The second-order valence-corrected chi connectivity index (χ2v) is 3.96. The van der Waals surface area contributed by atoms with Crippen LogP contribution in [0.4, 0.5) is 0 Å². The monoisotopic (exact) mass is 243 g/mol. The lowest BCUT2D eigenvalue weighted by Crippen LogP contribution is -1.98. The van der Waals surface area contributed by atoms with E-state index in [1.807, 2.05) is 36.4 Å². The number of imidazole rings is 1. The first-order chi connectivity index (χ1) is 8.40.